The van der Waals surface area contributed by atoms with Gasteiger partial charge in [0.15, 0.2) is 0 Å². The van der Waals surface area contributed by atoms with E-state index in [4.69, 9.17) is 16.0 Å². The maximum absolute atomic E-state index is 12.0. The number of carbonyl (C=O) groups is 1. The van der Waals surface area contributed by atoms with E-state index >= 15 is 0 Å². The first-order valence-electron chi connectivity index (χ1n) is 7.97. The van der Waals surface area contributed by atoms with Crippen molar-refractivity contribution in [1.29, 1.82) is 0 Å². The molecule has 29 heavy (non-hydrogen) atoms. The van der Waals surface area contributed by atoms with Gasteiger partial charge in [0.2, 0.25) is 0 Å². The summed E-state index contributed by atoms with van der Waals surface area (Å²) < 4.78 is 5.53. The Morgan fingerprint density at radius 3 is 2.59 bits per heavy atom. The van der Waals surface area contributed by atoms with Gasteiger partial charge in [0.1, 0.15) is 16.5 Å². The minimum atomic E-state index is -0.634. The summed E-state index contributed by atoms with van der Waals surface area (Å²) in [5, 5.41) is 25.5. The van der Waals surface area contributed by atoms with Gasteiger partial charge in [-0.15, -0.1) is 0 Å². The Hall–Kier alpha value is -4.05. The molecule has 0 aliphatic rings. The summed E-state index contributed by atoms with van der Waals surface area (Å²) in [5.74, 6) is -0.0155. The Balaban J connectivity index is 1.70. The highest BCUT2D eigenvalue weighted by molar-refractivity contribution is 6.32. The zero-order valence-corrected chi connectivity index (χ0v) is 15.2. The number of hydrogen-bond acceptors (Lipinski definition) is 7. The molecule has 0 unspecified atom stereocenters. The summed E-state index contributed by atoms with van der Waals surface area (Å²) >= 11 is 5.79. The van der Waals surface area contributed by atoms with E-state index in [1.54, 1.807) is 18.2 Å². The third-order valence-electron chi connectivity index (χ3n) is 3.73. The van der Waals surface area contributed by atoms with Crippen LogP contribution in [0.2, 0.25) is 5.02 Å². The van der Waals surface area contributed by atoms with Crippen LogP contribution in [-0.2, 0) is 0 Å². The third-order valence-corrected chi connectivity index (χ3v) is 4.05. The van der Waals surface area contributed by atoms with Gasteiger partial charge in [0, 0.05) is 29.3 Å². The first-order chi connectivity index (χ1) is 13.8. The van der Waals surface area contributed by atoms with Gasteiger partial charge in [0.25, 0.3) is 17.3 Å². The Bertz CT molecular complexity index is 1140. The topological polar surface area (TPSA) is 141 Å². The van der Waals surface area contributed by atoms with E-state index in [-0.39, 0.29) is 27.7 Å². The number of nitro benzene ring substituents is 2. The van der Waals surface area contributed by atoms with Crippen LogP contribution in [0.3, 0.4) is 0 Å². The molecule has 0 atom stereocenters. The van der Waals surface area contributed by atoms with Crippen molar-refractivity contribution < 1.29 is 19.1 Å². The van der Waals surface area contributed by atoms with Crippen molar-refractivity contribution >= 4 is 35.1 Å². The fraction of sp³-hybridized carbons (Fsp3) is 0. The normalized spacial score (nSPS) is 10.8. The minimum absolute atomic E-state index is 0.0101. The molecule has 1 amide bonds. The fourth-order valence-electron chi connectivity index (χ4n) is 2.36. The van der Waals surface area contributed by atoms with Crippen LogP contribution in [0.4, 0.5) is 11.4 Å². The van der Waals surface area contributed by atoms with E-state index in [9.17, 15) is 25.0 Å². The van der Waals surface area contributed by atoms with Gasteiger partial charge in [-0.1, -0.05) is 17.7 Å². The first kappa shape index (κ1) is 19.7. The molecule has 0 saturated heterocycles. The summed E-state index contributed by atoms with van der Waals surface area (Å²) in [6.45, 7) is 0. The molecule has 0 aliphatic heterocycles. The van der Waals surface area contributed by atoms with Crippen LogP contribution in [0.1, 0.15) is 16.1 Å². The molecule has 3 rings (SSSR count). The number of hydrazone groups is 1. The minimum Gasteiger partial charge on any atom is -0.455 e. The Morgan fingerprint density at radius 2 is 1.86 bits per heavy atom. The van der Waals surface area contributed by atoms with Gasteiger partial charge in [-0.05, 0) is 30.3 Å². The summed E-state index contributed by atoms with van der Waals surface area (Å²) in [6, 6.07) is 12.6. The van der Waals surface area contributed by atoms with E-state index in [2.05, 4.69) is 10.5 Å². The second-order valence-corrected chi connectivity index (χ2v) is 6.04. The highest BCUT2D eigenvalue weighted by Crippen LogP contribution is 2.31. The number of non-ortho nitro benzene ring substituents is 1. The van der Waals surface area contributed by atoms with E-state index in [0.717, 1.165) is 6.07 Å². The van der Waals surface area contributed by atoms with Gasteiger partial charge < -0.3 is 4.42 Å². The van der Waals surface area contributed by atoms with Crippen LogP contribution >= 0.6 is 11.6 Å². The summed E-state index contributed by atoms with van der Waals surface area (Å²) in [5.41, 5.74) is 2.29. The van der Waals surface area contributed by atoms with Crippen molar-refractivity contribution in [2.75, 3.05) is 0 Å². The number of nitrogens with zero attached hydrogens (tertiary/aromatic N) is 3. The molecule has 1 aromatic heterocycles. The zero-order valence-electron chi connectivity index (χ0n) is 14.4. The monoisotopic (exact) mass is 414 g/mol. The SMILES string of the molecule is O=C(N/N=C/c1ccc(-c2ccc(Cl)c([N+](=O)[O-])c2)o1)c1cccc([N+](=O)[O-])c1. The number of nitro groups is 2. The van der Waals surface area contributed by atoms with Crippen LogP contribution in [0, 0.1) is 20.2 Å². The number of nitrogens with one attached hydrogen (secondary N) is 1. The Labute approximate surface area is 167 Å². The molecule has 10 nitrogen and oxygen atoms in total. The molecule has 0 radical (unpaired) electrons. The zero-order chi connectivity index (χ0) is 21.0. The highest BCUT2D eigenvalue weighted by atomic mass is 35.5. The van der Waals surface area contributed by atoms with Crippen molar-refractivity contribution in [2.24, 2.45) is 5.10 Å². The standard InChI is InChI=1S/C18H11ClN4O6/c19-15-6-4-11(9-16(15)23(27)28)17-7-5-14(29-17)10-20-21-18(24)12-2-1-3-13(8-12)22(25)26/h1-10H,(H,21,24)/b20-10+. The molecule has 3 aromatic rings. The van der Waals surface area contributed by atoms with Crippen molar-refractivity contribution in [3.8, 4) is 11.3 Å². The lowest BCUT2D eigenvalue weighted by Gasteiger charge is -2.00. The molecule has 1 heterocycles. The number of rotatable bonds is 6. The molecule has 2 aromatic carbocycles. The number of furan rings is 1. The lowest BCUT2D eigenvalue weighted by Crippen LogP contribution is -2.17. The van der Waals surface area contributed by atoms with E-state index < -0.39 is 15.8 Å². The van der Waals surface area contributed by atoms with Gasteiger partial charge in [-0.3, -0.25) is 25.0 Å². The van der Waals surface area contributed by atoms with E-state index in [1.165, 1.54) is 36.5 Å². The lowest BCUT2D eigenvalue weighted by atomic mass is 10.1. The number of halogens is 1. The quantitative estimate of drug-likeness (QED) is 0.364. The molecule has 0 fully saturated rings. The number of benzene rings is 2. The maximum atomic E-state index is 12.0. The second kappa shape index (κ2) is 8.31. The molecule has 0 spiro atoms. The summed E-state index contributed by atoms with van der Waals surface area (Å²) in [4.78, 5) is 32.6. The lowest BCUT2D eigenvalue weighted by molar-refractivity contribution is -0.385. The average molecular weight is 415 g/mol. The van der Waals surface area contributed by atoms with Gasteiger partial charge in [-0.25, -0.2) is 5.43 Å². The van der Waals surface area contributed by atoms with Crippen LogP contribution in [0.15, 0.2) is 64.1 Å². The number of hydrogen-bond donors (Lipinski definition) is 1. The number of carbonyl (C=O) groups excluding carboxylic acids is 1. The second-order valence-electron chi connectivity index (χ2n) is 5.63. The summed E-state index contributed by atoms with van der Waals surface area (Å²) in [7, 11) is 0. The predicted octanol–water partition coefficient (Wildman–Crippen LogP) is 4.18. The Morgan fingerprint density at radius 1 is 1.07 bits per heavy atom. The maximum Gasteiger partial charge on any atom is 0.288 e. The number of amides is 1. The molecule has 146 valence electrons. The molecule has 11 heteroatoms. The molecule has 0 bridgehead atoms. The smallest absolute Gasteiger partial charge is 0.288 e. The van der Waals surface area contributed by atoms with Crippen LogP contribution in [0.25, 0.3) is 11.3 Å². The van der Waals surface area contributed by atoms with Crippen molar-refractivity contribution in [1.82, 2.24) is 5.43 Å². The highest BCUT2D eigenvalue weighted by Gasteiger charge is 2.15. The van der Waals surface area contributed by atoms with Gasteiger partial charge in [0.05, 0.1) is 16.1 Å². The predicted molar refractivity (Wildman–Crippen MR) is 104 cm³/mol. The van der Waals surface area contributed by atoms with Crippen molar-refractivity contribution in [3.05, 3.63) is 91.2 Å². The van der Waals surface area contributed by atoms with Crippen LogP contribution in [0.5, 0.6) is 0 Å². The molecular weight excluding hydrogens is 404 g/mol. The average Bonchev–Trinajstić information content (AvgIpc) is 3.17. The molecular formula is C18H11ClN4O6. The first-order valence-corrected chi connectivity index (χ1v) is 8.35. The van der Waals surface area contributed by atoms with Crippen molar-refractivity contribution in [2.45, 2.75) is 0 Å². The van der Waals surface area contributed by atoms with Gasteiger partial charge in [-0.2, -0.15) is 5.10 Å². The summed E-state index contributed by atoms with van der Waals surface area (Å²) in [6.07, 6.45) is 1.23. The van der Waals surface area contributed by atoms with Crippen molar-refractivity contribution in [3.63, 3.8) is 0 Å². The van der Waals surface area contributed by atoms with Crippen LogP contribution < -0.4 is 5.43 Å². The largest absolute Gasteiger partial charge is 0.455 e. The molecule has 0 aliphatic carbocycles. The van der Waals surface area contributed by atoms with Gasteiger partial charge >= 0.3 is 0 Å². The van der Waals surface area contributed by atoms with Crippen LogP contribution in [-0.4, -0.2) is 22.0 Å². The Kier molecular flexibility index (Phi) is 5.65. The molecule has 0 saturated carbocycles. The van der Waals surface area contributed by atoms with E-state index in [1.807, 2.05) is 0 Å². The van der Waals surface area contributed by atoms with E-state index in [0.29, 0.717) is 11.3 Å². The fourth-order valence-corrected chi connectivity index (χ4v) is 2.55. The molecule has 1 N–H and O–H groups in total. The third kappa shape index (κ3) is 4.62.